The highest BCUT2D eigenvalue weighted by atomic mass is 16.4. The highest BCUT2D eigenvalue weighted by molar-refractivity contribution is 5.73. The van der Waals surface area contributed by atoms with Crippen molar-refractivity contribution >= 4 is 5.97 Å². The van der Waals surface area contributed by atoms with E-state index in [4.69, 9.17) is 0 Å². The van der Waals surface area contributed by atoms with Crippen LogP contribution in [-0.4, -0.2) is 35.1 Å². The fourth-order valence-corrected chi connectivity index (χ4v) is 2.46. The third-order valence-electron chi connectivity index (χ3n) is 3.42. The lowest BCUT2D eigenvalue weighted by Gasteiger charge is -2.23. The van der Waals surface area contributed by atoms with Gasteiger partial charge < -0.3 is 5.11 Å². The number of rotatable bonds is 5. The number of carboxylic acid groups (broad SMARTS) is 1. The van der Waals surface area contributed by atoms with E-state index in [1.54, 1.807) is 0 Å². The smallest absolute Gasteiger partial charge is 0.320 e. The van der Waals surface area contributed by atoms with Gasteiger partial charge >= 0.3 is 5.97 Å². The number of benzene rings is 1. The number of carboxylic acids is 1. The fraction of sp³-hybridized carbons (Fsp3) is 0.500. The summed E-state index contributed by atoms with van der Waals surface area (Å²) in [6, 6.07) is 9.80. The molecule has 3 heteroatoms. The van der Waals surface area contributed by atoms with Crippen LogP contribution in [0.3, 0.4) is 0 Å². The summed E-state index contributed by atoms with van der Waals surface area (Å²) in [5, 5.41) is 9.27. The average molecular weight is 233 g/mol. The molecular weight excluding hydrogens is 214 g/mol. The number of carbonyl (C=O) groups is 1. The van der Waals surface area contributed by atoms with E-state index >= 15 is 0 Å². The topological polar surface area (TPSA) is 40.5 Å². The molecule has 1 aromatic carbocycles. The van der Waals surface area contributed by atoms with Gasteiger partial charge in [0.2, 0.25) is 0 Å². The summed E-state index contributed by atoms with van der Waals surface area (Å²) in [6.07, 6.45) is 3.82. The van der Waals surface area contributed by atoms with Crippen LogP contribution in [0, 0.1) is 0 Å². The monoisotopic (exact) mass is 233 g/mol. The summed E-state index contributed by atoms with van der Waals surface area (Å²) in [7, 11) is 0. The Hall–Kier alpha value is -1.35. The van der Waals surface area contributed by atoms with Crippen LogP contribution in [0.1, 0.15) is 24.8 Å². The molecule has 3 nitrogen and oxygen atoms in total. The Balaban J connectivity index is 1.92. The van der Waals surface area contributed by atoms with E-state index in [9.17, 15) is 9.90 Å². The van der Waals surface area contributed by atoms with Gasteiger partial charge in [-0.2, -0.15) is 0 Å². The third-order valence-corrected chi connectivity index (χ3v) is 3.42. The fourth-order valence-electron chi connectivity index (χ4n) is 2.46. The molecule has 0 unspecified atom stereocenters. The molecular formula is C14H19NO2. The molecule has 1 N–H and O–H groups in total. The maximum Gasteiger partial charge on any atom is 0.320 e. The number of likely N-dealkylation sites (tertiary alicyclic amines) is 1. The molecule has 0 saturated carbocycles. The lowest BCUT2D eigenvalue weighted by Crippen LogP contribution is -2.39. The van der Waals surface area contributed by atoms with Gasteiger partial charge in [-0.05, 0) is 44.3 Å². The van der Waals surface area contributed by atoms with Crippen molar-refractivity contribution in [2.24, 2.45) is 0 Å². The number of hydrogen-bond acceptors (Lipinski definition) is 2. The summed E-state index contributed by atoms with van der Waals surface area (Å²) in [6.45, 7) is 1.87. The second kappa shape index (κ2) is 5.82. The Kier molecular flexibility index (Phi) is 4.15. The van der Waals surface area contributed by atoms with E-state index < -0.39 is 5.97 Å². The number of hydrogen-bond donors (Lipinski definition) is 1. The van der Waals surface area contributed by atoms with Crippen molar-refractivity contribution in [2.75, 3.05) is 13.1 Å². The minimum atomic E-state index is -0.678. The van der Waals surface area contributed by atoms with E-state index in [2.05, 4.69) is 17.0 Å². The number of aryl methyl sites for hydroxylation is 1. The van der Waals surface area contributed by atoms with Gasteiger partial charge in [0.15, 0.2) is 0 Å². The predicted octanol–water partition coefficient (Wildman–Crippen LogP) is 2.17. The SMILES string of the molecule is O=C(O)[C@@H](CCc1ccccc1)N1CCCC1. The minimum absolute atomic E-state index is 0.308. The van der Waals surface area contributed by atoms with Crippen molar-refractivity contribution in [3.63, 3.8) is 0 Å². The second-order valence-electron chi connectivity index (χ2n) is 4.62. The molecule has 1 fully saturated rings. The first kappa shape index (κ1) is 12.1. The van der Waals surface area contributed by atoms with Gasteiger partial charge in [0, 0.05) is 0 Å². The Bertz CT molecular complexity index is 358. The van der Waals surface area contributed by atoms with Crippen molar-refractivity contribution < 1.29 is 9.90 Å². The first-order chi connectivity index (χ1) is 8.27. The molecule has 1 aromatic rings. The van der Waals surface area contributed by atoms with Gasteiger partial charge in [-0.1, -0.05) is 30.3 Å². The van der Waals surface area contributed by atoms with Crippen LogP contribution in [0.4, 0.5) is 0 Å². The lowest BCUT2D eigenvalue weighted by atomic mass is 10.0. The number of nitrogens with zero attached hydrogens (tertiary/aromatic N) is 1. The zero-order valence-corrected chi connectivity index (χ0v) is 10.0. The van der Waals surface area contributed by atoms with Crippen LogP contribution in [-0.2, 0) is 11.2 Å². The quantitative estimate of drug-likeness (QED) is 0.847. The molecule has 0 radical (unpaired) electrons. The molecule has 0 spiro atoms. The maximum atomic E-state index is 11.3. The summed E-state index contributed by atoms with van der Waals surface area (Å²) in [5.41, 5.74) is 1.22. The molecule has 1 aliphatic heterocycles. The molecule has 0 amide bonds. The molecule has 1 saturated heterocycles. The molecule has 0 aromatic heterocycles. The van der Waals surface area contributed by atoms with Crippen molar-refractivity contribution in [2.45, 2.75) is 31.7 Å². The average Bonchev–Trinajstić information content (AvgIpc) is 2.84. The summed E-state index contributed by atoms with van der Waals surface area (Å²) in [4.78, 5) is 13.4. The third kappa shape index (κ3) is 3.30. The summed E-state index contributed by atoms with van der Waals surface area (Å²) < 4.78 is 0. The predicted molar refractivity (Wildman–Crippen MR) is 67.0 cm³/mol. The van der Waals surface area contributed by atoms with Crippen LogP contribution in [0.25, 0.3) is 0 Å². The van der Waals surface area contributed by atoms with Gasteiger partial charge in [-0.15, -0.1) is 0 Å². The minimum Gasteiger partial charge on any atom is -0.480 e. The molecule has 17 heavy (non-hydrogen) atoms. The van der Waals surface area contributed by atoms with Crippen LogP contribution in [0.5, 0.6) is 0 Å². The first-order valence-corrected chi connectivity index (χ1v) is 6.28. The van der Waals surface area contributed by atoms with Gasteiger partial charge in [-0.25, -0.2) is 0 Å². The molecule has 0 bridgehead atoms. The molecule has 2 rings (SSSR count). The van der Waals surface area contributed by atoms with Crippen molar-refractivity contribution in [3.8, 4) is 0 Å². The largest absolute Gasteiger partial charge is 0.480 e. The molecule has 0 aliphatic carbocycles. The second-order valence-corrected chi connectivity index (χ2v) is 4.62. The van der Waals surface area contributed by atoms with Crippen LogP contribution in [0.15, 0.2) is 30.3 Å². The molecule has 92 valence electrons. The number of aliphatic carboxylic acids is 1. The molecule has 1 heterocycles. The van der Waals surface area contributed by atoms with E-state index in [0.717, 1.165) is 32.4 Å². The van der Waals surface area contributed by atoms with Crippen LogP contribution < -0.4 is 0 Å². The zero-order valence-electron chi connectivity index (χ0n) is 10.0. The molecule has 1 atom stereocenters. The first-order valence-electron chi connectivity index (χ1n) is 6.28. The van der Waals surface area contributed by atoms with Crippen LogP contribution >= 0.6 is 0 Å². The Morgan fingerprint density at radius 2 is 1.88 bits per heavy atom. The van der Waals surface area contributed by atoms with E-state index in [0.29, 0.717) is 6.42 Å². The van der Waals surface area contributed by atoms with E-state index in [-0.39, 0.29) is 6.04 Å². The highest BCUT2D eigenvalue weighted by Gasteiger charge is 2.27. The normalized spacial score (nSPS) is 18.1. The highest BCUT2D eigenvalue weighted by Crippen LogP contribution is 2.16. The Labute approximate surface area is 102 Å². The summed E-state index contributed by atoms with van der Waals surface area (Å²) >= 11 is 0. The maximum absolute atomic E-state index is 11.3. The van der Waals surface area contributed by atoms with Crippen molar-refractivity contribution in [1.82, 2.24) is 4.90 Å². The lowest BCUT2D eigenvalue weighted by molar-refractivity contribution is -0.143. The van der Waals surface area contributed by atoms with Gasteiger partial charge in [0.05, 0.1) is 0 Å². The van der Waals surface area contributed by atoms with Crippen LogP contribution in [0.2, 0.25) is 0 Å². The van der Waals surface area contributed by atoms with Crippen molar-refractivity contribution in [1.29, 1.82) is 0 Å². The van der Waals surface area contributed by atoms with E-state index in [1.165, 1.54) is 5.56 Å². The van der Waals surface area contributed by atoms with E-state index in [1.807, 2.05) is 18.2 Å². The van der Waals surface area contributed by atoms with Crippen molar-refractivity contribution in [3.05, 3.63) is 35.9 Å². The van der Waals surface area contributed by atoms with Gasteiger partial charge in [-0.3, -0.25) is 9.69 Å². The standard InChI is InChI=1S/C14H19NO2/c16-14(17)13(15-10-4-5-11-15)9-8-12-6-2-1-3-7-12/h1-3,6-7,13H,4-5,8-11H2,(H,16,17)/t13-/m1/s1. The Morgan fingerprint density at radius 3 is 2.47 bits per heavy atom. The van der Waals surface area contributed by atoms with Gasteiger partial charge in [0.1, 0.15) is 6.04 Å². The van der Waals surface area contributed by atoms with Gasteiger partial charge in [0.25, 0.3) is 0 Å². The zero-order chi connectivity index (χ0) is 12.1. The molecule has 1 aliphatic rings. The Morgan fingerprint density at radius 1 is 1.24 bits per heavy atom. The summed E-state index contributed by atoms with van der Waals surface area (Å²) in [5.74, 6) is -0.678.